The minimum Gasteiger partial charge on any atom is -0.493 e. The molecule has 0 saturated heterocycles. The van der Waals surface area contributed by atoms with E-state index < -0.39 is 5.97 Å². The molecular weight excluding hydrogens is 437 g/mol. The van der Waals surface area contributed by atoms with Gasteiger partial charge in [-0.25, -0.2) is 0 Å². The van der Waals surface area contributed by atoms with Crippen LogP contribution >= 0.6 is 9.24 Å². The Morgan fingerprint density at radius 3 is 2.21 bits per heavy atom. The second-order valence-electron chi connectivity index (χ2n) is 7.06. The molecule has 0 radical (unpaired) electrons. The summed E-state index contributed by atoms with van der Waals surface area (Å²) in [5, 5.41) is 10.8. The van der Waals surface area contributed by atoms with Gasteiger partial charge in [-0.05, 0) is 44.6 Å². The number of hydrogen-bond donors (Lipinski definition) is 1. The first-order valence-corrected chi connectivity index (χ1v) is 12.2. The van der Waals surface area contributed by atoms with E-state index in [4.69, 9.17) is 14.6 Å². The number of anilines is 1. The number of benzene rings is 2. The Labute approximate surface area is 198 Å². The second-order valence-corrected chi connectivity index (χ2v) is 7.53. The van der Waals surface area contributed by atoms with Crippen molar-refractivity contribution in [2.75, 3.05) is 24.3 Å². The lowest BCUT2D eigenvalue weighted by molar-refractivity contribution is -0.136. The molecule has 33 heavy (non-hydrogen) atoms. The third-order valence-electron chi connectivity index (χ3n) is 5.15. The van der Waals surface area contributed by atoms with Crippen molar-refractivity contribution >= 4 is 39.0 Å². The van der Waals surface area contributed by atoms with E-state index in [0.29, 0.717) is 42.3 Å². The summed E-state index contributed by atoms with van der Waals surface area (Å²) in [5.74, 6) is 0.269. The number of fused-ring (bicyclic) bond motifs is 1. The zero-order valence-corrected chi connectivity index (χ0v) is 21.3. The van der Waals surface area contributed by atoms with Crippen molar-refractivity contribution in [2.45, 2.75) is 47.6 Å². The fraction of sp³-hybridized carbons (Fsp3) is 0.385. The minimum atomic E-state index is -0.888. The van der Waals surface area contributed by atoms with E-state index in [2.05, 4.69) is 15.3 Å². The number of nitrogens with zero attached hydrogens (tertiary/aromatic N) is 1. The summed E-state index contributed by atoms with van der Waals surface area (Å²) in [4.78, 5) is 26.2. The Balaban J connectivity index is 0.00000187. The van der Waals surface area contributed by atoms with Gasteiger partial charge in [0.2, 0.25) is 0 Å². The first kappa shape index (κ1) is 26.4. The van der Waals surface area contributed by atoms with Gasteiger partial charge in [-0.15, -0.1) is 9.24 Å². The molecule has 0 saturated carbocycles. The summed E-state index contributed by atoms with van der Waals surface area (Å²) in [5.41, 5.74) is 2.75. The molecule has 0 aliphatic carbocycles. The molecule has 2 aromatic rings. The molecule has 178 valence electrons. The molecule has 2 aromatic carbocycles. The molecule has 0 spiro atoms. The molecule has 1 unspecified atom stereocenters. The molecule has 0 aromatic heterocycles. The van der Waals surface area contributed by atoms with Gasteiger partial charge < -0.3 is 19.5 Å². The lowest BCUT2D eigenvalue weighted by Gasteiger charge is -2.16. The topological polar surface area (TPSA) is 76.1 Å². The SMILES string of the molecule is C/C=c1/c(OCC)c2c(c(OCC)/c1=C/CP)CN(c1ccc(CC(=O)O)cc1)C2=O.CC. The lowest BCUT2D eigenvalue weighted by atomic mass is 10.0. The zero-order valence-electron chi connectivity index (χ0n) is 20.1. The van der Waals surface area contributed by atoms with Crippen LogP contribution in [-0.2, 0) is 17.8 Å². The number of carboxylic acid groups (broad SMARTS) is 1. The van der Waals surface area contributed by atoms with E-state index in [1.807, 2.05) is 40.7 Å². The highest BCUT2D eigenvalue weighted by Gasteiger charge is 2.36. The summed E-state index contributed by atoms with van der Waals surface area (Å²) in [6.07, 6.45) is 4.72. The Hall–Kier alpha value is -2.85. The van der Waals surface area contributed by atoms with Crippen LogP contribution in [0.15, 0.2) is 24.3 Å². The number of ether oxygens (including phenoxy) is 2. The van der Waals surface area contributed by atoms with Crippen molar-refractivity contribution in [1.29, 1.82) is 0 Å². The third kappa shape index (κ3) is 5.56. The van der Waals surface area contributed by atoms with Crippen molar-refractivity contribution in [3.05, 3.63) is 51.4 Å². The average molecular weight is 472 g/mol. The monoisotopic (exact) mass is 471 g/mol. The van der Waals surface area contributed by atoms with Crippen LogP contribution in [-0.4, -0.2) is 36.4 Å². The Bertz CT molecular complexity index is 1110. The van der Waals surface area contributed by atoms with Gasteiger partial charge in [0.25, 0.3) is 5.91 Å². The molecule has 1 aliphatic rings. The van der Waals surface area contributed by atoms with Crippen LogP contribution in [0.1, 0.15) is 56.1 Å². The minimum absolute atomic E-state index is 0.0542. The van der Waals surface area contributed by atoms with E-state index in [0.717, 1.165) is 27.9 Å². The maximum absolute atomic E-state index is 13.5. The largest absolute Gasteiger partial charge is 0.493 e. The van der Waals surface area contributed by atoms with Gasteiger partial charge in [0.05, 0.1) is 31.7 Å². The van der Waals surface area contributed by atoms with Crippen LogP contribution in [0.25, 0.3) is 12.2 Å². The summed E-state index contributed by atoms with van der Waals surface area (Å²) in [6.45, 7) is 11.1. The average Bonchev–Trinajstić information content (AvgIpc) is 3.15. The Morgan fingerprint density at radius 2 is 1.70 bits per heavy atom. The predicted molar refractivity (Wildman–Crippen MR) is 137 cm³/mol. The summed E-state index contributed by atoms with van der Waals surface area (Å²) >= 11 is 0. The molecule has 7 heteroatoms. The van der Waals surface area contributed by atoms with Gasteiger partial charge in [0.15, 0.2) is 0 Å². The van der Waals surface area contributed by atoms with Gasteiger partial charge in [-0.1, -0.05) is 38.1 Å². The molecule has 1 heterocycles. The van der Waals surface area contributed by atoms with Crippen molar-refractivity contribution in [2.24, 2.45) is 0 Å². The molecule has 1 aliphatic heterocycles. The van der Waals surface area contributed by atoms with Crippen molar-refractivity contribution < 1.29 is 24.2 Å². The van der Waals surface area contributed by atoms with E-state index >= 15 is 0 Å². The van der Waals surface area contributed by atoms with Gasteiger partial charge in [-0.3, -0.25) is 9.59 Å². The number of carbonyl (C=O) groups excluding carboxylic acids is 1. The summed E-state index contributed by atoms with van der Waals surface area (Å²) in [6, 6.07) is 7.05. The van der Waals surface area contributed by atoms with Crippen LogP contribution in [0.4, 0.5) is 5.69 Å². The van der Waals surface area contributed by atoms with Gasteiger partial charge in [0.1, 0.15) is 11.5 Å². The van der Waals surface area contributed by atoms with E-state index in [-0.39, 0.29) is 12.3 Å². The number of hydrogen-bond acceptors (Lipinski definition) is 4. The van der Waals surface area contributed by atoms with Crippen molar-refractivity contribution in [3.63, 3.8) is 0 Å². The quantitative estimate of drug-likeness (QED) is 0.594. The molecule has 0 fully saturated rings. The van der Waals surface area contributed by atoms with Gasteiger partial charge in [0, 0.05) is 21.7 Å². The number of amides is 1. The first-order valence-electron chi connectivity index (χ1n) is 11.4. The molecule has 1 N–H and O–H groups in total. The van der Waals surface area contributed by atoms with Crippen LogP contribution in [0.3, 0.4) is 0 Å². The Kier molecular flexibility index (Phi) is 9.93. The highest BCUT2D eigenvalue weighted by atomic mass is 31.0. The summed E-state index contributed by atoms with van der Waals surface area (Å²) in [7, 11) is 2.69. The second kappa shape index (κ2) is 12.4. The smallest absolute Gasteiger partial charge is 0.307 e. The maximum atomic E-state index is 13.5. The fourth-order valence-corrected chi connectivity index (χ4v) is 4.16. The fourth-order valence-electron chi connectivity index (χ4n) is 3.92. The highest BCUT2D eigenvalue weighted by Crippen LogP contribution is 2.36. The molecule has 1 amide bonds. The normalized spacial score (nSPS) is 13.5. The molecular formula is C26H34NO5P. The van der Waals surface area contributed by atoms with E-state index in [1.165, 1.54) is 0 Å². The first-order chi connectivity index (χ1) is 16.0. The summed E-state index contributed by atoms with van der Waals surface area (Å²) < 4.78 is 12.0. The van der Waals surface area contributed by atoms with E-state index in [9.17, 15) is 9.59 Å². The van der Waals surface area contributed by atoms with Crippen molar-refractivity contribution in [3.8, 4) is 11.5 Å². The lowest BCUT2D eigenvalue weighted by Crippen LogP contribution is -2.32. The van der Waals surface area contributed by atoms with Crippen molar-refractivity contribution in [1.82, 2.24) is 0 Å². The molecule has 0 bridgehead atoms. The number of aliphatic carboxylic acids is 1. The molecule has 6 nitrogen and oxygen atoms in total. The number of rotatable bonds is 8. The predicted octanol–water partition coefficient (Wildman–Crippen LogP) is 3.75. The Morgan fingerprint density at radius 1 is 1.09 bits per heavy atom. The van der Waals surface area contributed by atoms with Gasteiger partial charge >= 0.3 is 5.97 Å². The van der Waals surface area contributed by atoms with Crippen LogP contribution < -0.4 is 24.8 Å². The number of carbonyl (C=O) groups is 2. The van der Waals surface area contributed by atoms with Crippen LogP contribution in [0, 0.1) is 0 Å². The van der Waals surface area contributed by atoms with Gasteiger partial charge in [-0.2, -0.15) is 0 Å². The molecule has 1 atom stereocenters. The third-order valence-corrected chi connectivity index (χ3v) is 5.38. The zero-order chi connectivity index (χ0) is 24.5. The standard InChI is InChI=1S/C24H28NO5P.C2H6/c1-4-17-18(11-12-31)22(29-5-2)19-14-25(24(28)21(19)23(17)30-6-3)16-9-7-15(8-10-16)13-20(26)27;1-2/h4,7-11H,5-6,12-14,31H2,1-3H3,(H,26,27);1-2H3/b17-4+,18-11+;. The van der Waals surface area contributed by atoms with E-state index in [1.54, 1.807) is 29.2 Å². The maximum Gasteiger partial charge on any atom is 0.307 e. The van der Waals surface area contributed by atoms with Crippen LogP contribution in [0.2, 0.25) is 0 Å². The number of carboxylic acids is 1. The highest BCUT2D eigenvalue weighted by molar-refractivity contribution is 7.17. The molecule has 3 rings (SSSR count). The van der Waals surface area contributed by atoms with Crippen LogP contribution in [0.5, 0.6) is 11.5 Å².